The van der Waals surface area contributed by atoms with E-state index < -0.39 is 42.1 Å². The maximum Gasteiger partial charge on any atom is 0.347 e. The van der Waals surface area contributed by atoms with Gasteiger partial charge in [0, 0.05) is 25.2 Å². The number of hydrogen-bond acceptors (Lipinski definition) is 7. The highest BCUT2D eigenvalue weighted by molar-refractivity contribution is 6.14. The van der Waals surface area contributed by atoms with Gasteiger partial charge in [0.25, 0.3) is 0 Å². The van der Waals surface area contributed by atoms with Gasteiger partial charge in [0.15, 0.2) is 12.4 Å². The number of esters is 1. The van der Waals surface area contributed by atoms with Crippen LogP contribution in [0.2, 0.25) is 0 Å². The third-order valence-electron chi connectivity index (χ3n) is 3.73. The number of carbonyl (C=O) groups is 3. The lowest BCUT2D eigenvalue weighted by Crippen LogP contribution is -2.51. The van der Waals surface area contributed by atoms with Crippen LogP contribution in [0.25, 0.3) is 0 Å². The van der Waals surface area contributed by atoms with Crippen molar-refractivity contribution < 1.29 is 34.4 Å². The maximum atomic E-state index is 12.0. The second-order valence-electron chi connectivity index (χ2n) is 5.07. The van der Waals surface area contributed by atoms with Crippen LogP contribution in [0.5, 0.6) is 0 Å². The minimum absolute atomic E-state index is 0.0360. The van der Waals surface area contributed by atoms with E-state index in [4.69, 9.17) is 14.9 Å². The highest BCUT2D eigenvalue weighted by atomic mass is 16.6. The largest absolute Gasteiger partial charge is 0.452 e. The van der Waals surface area contributed by atoms with Gasteiger partial charge in [-0.25, -0.2) is 4.79 Å². The molecule has 0 bridgehead atoms. The predicted molar refractivity (Wildman–Crippen MR) is 59.6 cm³/mol. The molecule has 0 spiro atoms. The average molecular weight is 272 g/mol. The van der Waals surface area contributed by atoms with Gasteiger partial charge >= 0.3 is 5.97 Å². The van der Waals surface area contributed by atoms with Gasteiger partial charge in [-0.3, -0.25) is 9.59 Å². The van der Waals surface area contributed by atoms with E-state index in [0.717, 1.165) is 0 Å². The number of Topliss-reactive ketones (excluding diaryl/α,β-unsaturated/α-hetero) is 2. The molecule has 106 valence electrons. The van der Waals surface area contributed by atoms with Crippen LogP contribution in [0.3, 0.4) is 0 Å². The molecule has 19 heavy (non-hydrogen) atoms. The Balaban J connectivity index is 2.19. The number of cyclic esters (lactones) is 1. The van der Waals surface area contributed by atoms with E-state index in [-0.39, 0.29) is 12.2 Å². The van der Waals surface area contributed by atoms with Crippen LogP contribution < -0.4 is 0 Å². The number of hydrogen-bond donors (Lipinski definition) is 3. The first-order valence-electron chi connectivity index (χ1n) is 6.21. The molecule has 7 nitrogen and oxygen atoms in total. The van der Waals surface area contributed by atoms with Crippen molar-refractivity contribution in [1.82, 2.24) is 0 Å². The average Bonchev–Trinajstić information content (AvgIpc) is 2.54. The van der Waals surface area contributed by atoms with Crippen LogP contribution in [0, 0.1) is 5.92 Å². The number of aliphatic hydroxyl groups is 3. The fraction of sp³-hybridized carbons (Fsp3) is 0.750. The molecule has 1 aliphatic carbocycles. The maximum absolute atomic E-state index is 12.0. The second kappa shape index (κ2) is 4.99. The van der Waals surface area contributed by atoms with Gasteiger partial charge in [0.2, 0.25) is 11.4 Å². The van der Waals surface area contributed by atoms with E-state index in [1.54, 1.807) is 0 Å². The standard InChI is InChI=1S/C12H16O7/c13-7-3-1-2-6(4-7)12(18)10(16)8(5-9(14)15)19-11(12)17/h6,8-9,14-15,18H,1-5H2. The summed E-state index contributed by atoms with van der Waals surface area (Å²) in [4.78, 5) is 35.2. The lowest BCUT2D eigenvalue weighted by molar-refractivity contribution is -0.163. The zero-order valence-electron chi connectivity index (χ0n) is 10.2. The van der Waals surface area contributed by atoms with Crippen molar-refractivity contribution in [2.24, 2.45) is 5.92 Å². The fourth-order valence-corrected chi connectivity index (χ4v) is 2.71. The molecular weight excluding hydrogens is 256 g/mol. The molecule has 1 heterocycles. The van der Waals surface area contributed by atoms with Crippen LogP contribution in [0.1, 0.15) is 32.1 Å². The molecule has 1 saturated heterocycles. The lowest BCUT2D eigenvalue weighted by atomic mass is 9.74. The summed E-state index contributed by atoms with van der Waals surface area (Å²) >= 11 is 0. The summed E-state index contributed by atoms with van der Waals surface area (Å²) in [6.07, 6.45) is -2.41. The molecule has 3 unspecified atom stereocenters. The molecule has 0 aromatic carbocycles. The summed E-state index contributed by atoms with van der Waals surface area (Å²) in [5.74, 6) is -2.86. The van der Waals surface area contributed by atoms with Crippen molar-refractivity contribution in [2.75, 3.05) is 0 Å². The van der Waals surface area contributed by atoms with E-state index in [1.165, 1.54) is 0 Å². The van der Waals surface area contributed by atoms with Gasteiger partial charge in [0.05, 0.1) is 0 Å². The first-order valence-corrected chi connectivity index (χ1v) is 6.21. The van der Waals surface area contributed by atoms with E-state index in [2.05, 4.69) is 0 Å². The van der Waals surface area contributed by atoms with E-state index >= 15 is 0 Å². The smallest absolute Gasteiger partial charge is 0.347 e. The minimum Gasteiger partial charge on any atom is -0.452 e. The molecule has 2 fully saturated rings. The van der Waals surface area contributed by atoms with Crippen molar-refractivity contribution in [3.63, 3.8) is 0 Å². The molecule has 0 radical (unpaired) electrons. The second-order valence-corrected chi connectivity index (χ2v) is 5.07. The normalized spacial score (nSPS) is 35.9. The lowest BCUT2D eigenvalue weighted by Gasteiger charge is -2.30. The molecule has 3 atom stereocenters. The zero-order chi connectivity index (χ0) is 14.2. The molecule has 0 amide bonds. The summed E-state index contributed by atoms with van der Waals surface area (Å²) in [6, 6.07) is 0. The molecule has 1 saturated carbocycles. The highest BCUT2D eigenvalue weighted by Crippen LogP contribution is 2.38. The SMILES string of the molecule is O=C1CCCC(C2(O)C(=O)OC(CC(O)O)C2=O)C1. The van der Waals surface area contributed by atoms with Crippen LogP contribution in [-0.4, -0.2) is 50.9 Å². The Kier molecular flexibility index (Phi) is 3.71. The van der Waals surface area contributed by atoms with E-state index in [9.17, 15) is 19.5 Å². The number of rotatable bonds is 3. The fourth-order valence-electron chi connectivity index (χ4n) is 2.71. The number of aliphatic hydroxyl groups excluding tert-OH is 1. The van der Waals surface area contributed by atoms with E-state index in [0.29, 0.717) is 19.3 Å². The minimum atomic E-state index is -2.32. The van der Waals surface area contributed by atoms with Crippen LogP contribution in [0.4, 0.5) is 0 Å². The molecular formula is C12H16O7. The van der Waals surface area contributed by atoms with Gasteiger partial charge in [-0.1, -0.05) is 0 Å². The first-order chi connectivity index (χ1) is 8.85. The molecule has 2 rings (SSSR count). The summed E-state index contributed by atoms with van der Waals surface area (Å²) in [5, 5.41) is 27.9. The molecule has 2 aliphatic rings. The van der Waals surface area contributed by atoms with Crippen LogP contribution in [-0.2, 0) is 19.1 Å². The number of ether oxygens (including phenoxy) is 1. The third kappa shape index (κ3) is 2.41. The first kappa shape index (κ1) is 14.1. The Morgan fingerprint density at radius 1 is 1.32 bits per heavy atom. The van der Waals surface area contributed by atoms with Crippen molar-refractivity contribution in [1.29, 1.82) is 0 Å². The van der Waals surface area contributed by atoms with Gasteiger partial charge in [-0.05, 0) is 12.8 Å². The summed E-state index contributed by atoms with van der Waals surface area (Å²) in [5.41, 5.74) is -2.32. The van der Waals surface area contributed by atoms with Gasteiger partial charge in [-0.2, -0.15) is 0 Å². The third-order valence-corrected chi connectivity index (χ3v) is 3.73. The topological polar surface area (TPSA) is 121 Å². The summed E-state index contributed by atoms with van der Waals surface area (Å²) < 4.78 is 4.72. The monoisotopic (exact) mass is 272 g/mol. The molecule has 0 aromatic heterocycles. The van der Waals surface area contributed by atoms with Gasteiger partial charge in [-0.15, -0.1) is 0 Å². The van der Waals surface area contributed by atoms with Crippen LogP contribution >= 0.6 is 0 Å². The predicted octanol–water partition coefficient (Wildman–Crippen LogP) is -1.33. The summed E-state index contributed by atoms with van der Waals surface area (Å²) in [6.45, 7) is 0. The Labute approximate surface area is 109 Å². The van der Waals surface area contributed by atoms with Crippen molar-refractivity contribution in [3.8, 4) is 0 Å². The Morgan fingerprint density at radius 2 is 2.00 bits per heavy atom. The highest BCUT2D eigenvalue weighted by Gasteiger charge is 2.61. The van der Waals surface area contributed by atoms with Crippen molar-refractivity contribution in [3.05, 3.63) is 0 Å². The Bertz CT molecular complexity index is 416. The van der Waals surface area contributed by atoms with Gasteiger partial charge in [0.1, 0.15) is 5.78 Å². The molecule has 1 aliphatic heterocycles. The van der Waals surface area contributed by atoms with Gasteiger partial charge < -0.3 is 20.1 Å². The van der Waals surface area contributed by atoms with E-state index in [1.807, 2.05) is 0 Å². The molecule has 7 heteroatoms. The number of ketones is 2. The Morgan fingerprint density at radius 3 is 2.58 bits per heavy atom. The molecule has 0 aromatic rings. The zero-order valence-corrected chi connectivity index (χ0v) is 10.2. The van der Waals surface area contributed by atoms with Crippen LogP contribution in [0.15, 0.2) is 0 Å². The number of carbonyl (C=O) groups excluding carboxylic acids is 3. The molecule has 3 N–H and O–H groups in total. The van der Waals surface area contributed by atoms with Crippen molar-refractivity contribution >= 4 is 17.5 Å². The quantitative estimate of drug-likeness (QED) is 0.330. The Hall–Kier alpha value is -1.31. The van der Waals surface area contributed by atoms with Crippen molar-refractivity contribution in [2.45, 2.75) is 50.1 Å². The summed E-state index contributed by atoms with van der Waals surface area (Å²) in [7, 11) is 0.